The van der Waals surface area contributed by atoms with Crippen molar-refractivity contribution in [1.82, 2.24) is 4.90 Å². The van der Waals surface area contributed by atoms with Gasteiger partial charge in [-0.2, -0.15) is 0 Å². The van der Waals surface area contributed by atoms with E-state index in [1.165, 1.54) is 37.1 Å². The Hall–Kier alpha value is -0.820. The molecule has 0 aromatic carbocycles. The molecule has 0 spiro atoms. The number of nitrogens with zero attached hydrogens (tertiary/aromatic N) is 1. The van der Waals surface area contributed by atoms with E-state index in [1.807, 2.05) is 12.2 Å². The lowest BCUT2D eigenvalue weighted by molar-refractivity contribution is 0.368. The van der Waals surface area contributed by atoms with Crippen molar-refractivity contribution in [2.24, 2.45) is 0 Å². The van der Waals surface area contributed by atoms with Crippen LogP contribution in [0.5, 0.6) is 0 Å². The second kappa shape index (κ2) is 5.82. The highest BCUT2D eigenvalue weighted by Crippen LogP contribution is 2.11. The maximum atomic E-state index is 3.70. The summed E-state index contributed by atoms with van der Waals surface area (Å²) in [7, 11) is 0. The van der Waals surface area contributed by atoms with Crippen molar-refractivity contribution in [3.8, 4) is 0 Å². The average molecular weight is 191 g/mol. The fourth-order valence-corrected chi connectivity index (χ4v) is 1.96. The first-order chi connectivity index (χ1) is 6.72. The molecule has 0 N–H and O–H groups in total. The number of hydrogen-bond donors (Lipinski definition) is 0. The SMILES string of the molecule is C=C/C=C(C)\C=C(/C)CN1CCCC1. The minimum absolute atomic E-state index is 1.13. The minimum atomic E-state index is 1.13. The van der Waals surface area contributed by atoms with Crippen LogP contribution in [0.2, 0.25) is 0 Å². The van der Waals surface area contributed by atoms with E-state index < -0.39 is 0 Å². The lowest BCUT2D eigenvalue weighted by Gasteiger charge is -2.14. The van der Waals surface area contributed by atoms with Crippen LogP contribution in [0.4, 0.5) is 0 Å². The van der Waals surface area contributed by atoms with Gasteiger partial charge in [-0.05, 0) is 39.8 Å². The molecule has 1 heterocycles. The first kappa shape index (κ1) is 11.3. The Morgan fingerprint density at radius 3 is 2.50 bits per heavy atom. The fourth-order valence-electron chi connectivity index (χ4n) is 1.96. The van der Waals surface area contributed by atoms with Gasteiger partial charge in [0.15, 0.2) is 0 Å². The highest BCUT2D eigenvalue weighted by atomic mass is 15.1. The molecule has 1 aliphatic heterocycles. The van der Waals surface area contributed by atoms with Gasteiger partial charge in [0.2, 0.25) is 0 Å². The van der Waals surface area contributed by atoms with Crippen LogP contribution in [0.1, 0.15) is 26.7 Å². The van der Waals surface area contributed by atoms with Gasteiger partial charge in [-0.1, -0.05) is 36.0 Å². The minimum Gasteiger partial charge on any atom is -0.299 e. The Bertz CT molecular complexity index is 242. The molecule has 0 bridgehead atoms. The molecule has 0 atom stereocenters. The predicted octanol–water partition coefficient (Wildman–Crippen LogP) is 3.16. The average Bonchev–Trinajstić information content (AvgIpc) is 2.56. The van der Waals surface area contributed by atoms with Gasteiger partial charge in [0.05, 0.1) is 0 Å². The smallest absolute Gasteiger partial charge is 0.0193 e. The molecule has 1 fully saturated rings. The number of likely N-dealkylation sites (tertiary alicyclic amines) is 1. The second-order valence-electron chi connectivity index (χ2n) is 4.12. The first-order valence-electron chi connectivity index (χ1n) is 5.41. The summed E-state index contributed by atoms with van der Waals surface area (Å²) < 4.78 is 0. The molecule has 1 saturated heterocycles. The van der Waals surface area contributed by atoms with E-state index in [9.17, 15) is 0 Å². The van der Waals surface area contributed by atoms with E-state index in [1.54, 1.807) is 0 Å². The fraction of sp³-hybridized carbons (Fsp3) is 0.538. The Morgan fingerprint density at radius 1 is 1.29 bits per heavy atom. The summed E-state index contributed by atoms with van der Waals surface area (Å²) in [6, 6.07) is 0. The highest BCUT2D eigenvalue weighted by molar-refractivity contribution is 5.24. The number of allylic oxidation sites excluding steroid dienone is 4. The Balaban J connectivity index is 2.43. The van der Waals surface area contributed by atoms with E-state index in [2.05, 4.69) is 31.4 Å². The lowest BCUT2D eigenvalue weighted by atomic mass is 10.1. The summed E-state index contributed by atoms with van der Waals surface area (Å²) in [6.07, 6.45) is 8.88. The summed E-state index contributed by atoms with van der Waals surface area (Å²) in [5.41, 5.74) is 2.74. The Morgan fingerprint density at radius 2 is 1.93 bits per heavy atom. The van der Waals surface area contributed by atoms with Crippen LogP contribution < -0.4 is 0 Å². The zero-order chi connectivity index (χ0) is 10.4. The van der Waals surface area contributed by atoms with Gasteiger partial charge < -0.3 is 0 Å². The number of hydrogen-bond acceptors (Lipinski definition) is 1. The largest absolute Gasteiger partial charge is 0.299 e. The molecule has 14 heavy (non-hydrogen) atoms. The molecule has 1 heteroatoms. The van der Waals surface area contributed by atoms with Gasteiger partial charge in [0, 0.05) is 6.54 Å². The van der Waals surface area contributed by atoms with Crippen LogP contribution in [-0.4, -0.2) is 24.5 Å². The van der Waals surface area contributed by atoms with Crippen molar-refractivity contribution >= 4 is 0 Å². The monoisotopic (exact) mass is 191 g/mol. The quantitative estimate of drug-likeness (QED) is 0.617. The molecule has 78 valence electrons. The Labute approximate surface area is 87.8 Å². The molecule has 0 unspecified atom stereocenters. The van der Waals surface area contributed by atoms with Crippen LogP contribution in [0.15, 0.2) is 36.0 Å². The van der Waals surface area contributed by atoms with E-state index >= 15 is 0 Å². The zero-order valence-corrected chi connectivity index (χ0v) is 9.42. The van der Waals surface area contributed by atoms with Crippen LogP contribution in [-0.2, 0) is 0 Å². The van der Waals surface area contributed by atoms with E-state index in [-0.39, 0.29) is 0 Å². The van der Waals surface area contributed by atoms with Crippen LogP contribution in [0, 0.1) is 0 Å². The maximum absolute atomic E-state index is 3.70. The third-order valence-electron chi connectivity index (χ3n) is 2.53. The second-order valence-corrected chi connectivity index (χ2v) is 4.12. The molecular weight excluding hydrogens is 170 g/mol. The number of rotatable bonds is 4. The van der Waals surface area contributed by atoms with Crippen molar-refractivity contribution in [2.75, 3.05) is 19.6 Å². The van der Waals surface area contributed by atoms with E-state index in [4.69, 9.17) is 0 Å². The zero-order valence-electron chi connectivity index (χ0n) is 9.42. The molecule has 0 amide bonds. The molecule has 1 aliphatic rings. The third kappa shape index (κ3) is 3.93. The van der Waals surface area contributed by atoms with Crippen molar-refractivity contribution in [2.45, 2.75) is 26.7 Å². The summed E-state index contributed by atoms with van der Waals surface area (Å²) in [6.45, 7) is 11.7. The van der Waals surface area contributed by atoms with Gasteiger partial charge in [0.25, 0.3) is 0 Å². The molecule has 0 aliphatic carbocycles. The van der Waals surface area contributed by atoms with Gasteiger partial charge >= 0.3 is 0 Å². The summed E-state index contributed by atoms with van der Waals surface area (Å²) >= 11 is 0. The van der Waals surface area contributed by atoms with Gasteiger partial charge in [0.1, 0.15) is 0 Å². The van der Waals surface area contributed by atoms with Crippen molar-refractivity contribution in [1.29, 1.82) is 0 Å². The van der Waals surface area contributed by atoms with Crippen molar-refractivity contribution in [3.05, 3.63) is 36.0 Å². The van der Waals surface area contributed by atoms with Crippen LogP contribution >= 0.6 is 0 Å². The Kier molecular flexibility index (Phi) is 4.68. The molecule has 1 rings (SSSR count). The molecular formula is C13H21N. The molecule has 0 radical (unpaired) electrons. The van der Waals surface area contributed by atoms with Crippen LogP contribution in [0.25, 0.3) is 0 Å². The third-order valence-corrected chi connectivity index (χ3v) is 2.53. The summed E-state index contributed by atoms with van der Waals surface area (Å²) in [5.74, 6) is 0. The van der Waals surface area contributed by atoms with Gasteiger partial charge in [-0.25, -0.2) is 0 Å². The summed E-state index contributed by atoms with van der Waals surface area (Å²) in [5, 5.41) is 0. The van der Waals surface area contributed by atoms with E-state index in [0.717, 1.165) is 6.54 Å². The van der Waals surface area contributed by atoms with Crippen molar-refractivity contribution in [3.63, 3.8) is 0 Å². The topological polar surface area (TPSA) is 3.24 Å². The molecule has 0 saturated carbocycles. The normalized spacial score (nSPS) is 20.1. The van der Waals surface area contributed by atoms with Crippen LogP contribution in [0.3, 0.4) is 0 Å². The molecule has 0 aromatic rings. The van der Waals surface area contributed by atoms with Crippen molar-refractivity contribution < 1.29 is 0 Å². The highest BCUT2D eigenvalue weighted by Gasteiger charge is 2.10. The predicted molar refractivity (Wildman–Crippen MR) is 63.4 cm³/mol. The maximum Gasteiger partial charge on any atom is 0.0193 e. The molecule has 0 aromatic heterocycles. The van der Waals surface area contributed by atoms with Gasteiger partial charge in [-0.3, -0.25) is 4.90 Å². The summed E-state index contributed by atoms with van der Waals surface area (Å²) in [4.78, 5) is 2.52. The standard InChI is InChI=1S/C13H21N/c1-4-7-12(2)10-13(3)11-14-8-5-6-9-14/h4,7,10H,1,5-6,8-9,11H2,2-3H3/b12-7-,13-10+. The van der Waals surface area contributed by atoms with E-state index in [0.29, 0.717) is 0 Å². The first-order valence-corrected chi connectivity index (χ1v) is 5.41. The molecule has 1 nitrogen and oxygen atoms in total. The van der Waals surface area contributed by atoms with Gasteiger partial charge in [-0.15, -0.1) is 0 Å². The lowest BCUT2D eigenvalue weighted by Crippen LogP contribution is -2.21.